The van der Waals surface area contributed by atoms with Crippen LogP contribution in [0.5, 0.6) is 0 Å². The van der Waals surface area contributed by atoms with Gasteiger partial charge in [-0.15, -0.1) is 0 Å². The minimum absolute atomic E-state index is 0.228. The first kappa shape index (κ1) is 18.0. The van der Waals surface area contributed by atoms with E-state index < -0.39 is 0 Å². The van der Waals surface area contributed by atoms with Gasteiger partial charge in [-0.2, -0.15) is 0 Å². The summed E-state index contributed by atoms with van der Waals surface area (Å²) < 4.78 is 4.79. The molecule has 0 aromatic heterocycles. The van der Waals surface area contributed by atoms with Gasteiger partial charge < -0.3 is 4.74 Å². The zero-order chi connectivity index (χ0) is 12.8. The van der Waals surface area contributed by atoms with Crippen LogP contribution >= 0.6 is 21.6 Å². The molecular formula is C11H21NO2S2. The highest BCUT2D eigenvalue weighted by atomic mass is 33.1. The number of ether oxygens (including phenoxy) is 1. The number of esters is 1. The fraction of sp³-hybridized carbons (Fsp3) is 0.636. The van der Waals surface area contributed by atoms with Crippen molar-refractivity contribution in [1.82, 2.24) is 0 Å². The van der Waals surface area contributed by atoms with Gasteiger partial charge in [0.25, 0.3) is 0 Å². The van der Waals surface area contributed by atoms with Crippen LogP contribution in [0.15, 0.2) is 16.1 Å². The maximum absolute atomic E-state index is 10.4. The number of hydrogen-bond donors (Lipinski definition) is 0. The van der Waals surface area contributed by atoms with E-state index >= 15 is 0 Å². The van der Waals surface area contributed by atoms with Crippen LogP contribution in [0.4, 0.5) is 0 Å². The Kier molecular flexibility index (Phi) is 16.4. The van der Waals surface area contributed by atoms with E-state index in [0.717, 1.165) is 10.8 Å². The number of allylic oxidation sites excluding steroid dienone is 1. The summed E-state index contributed by atoms with van der Waals surface area (Å²) in [6.45, 7) is 9.70. The van der Waals surface area contributed by atoms with Gasteiger partial charge in [-0.3, -0.25) is 9.79 Å². The summed E-state index contributed by atoms with van der Waals surface area (Å²) in [5.74, 6) is 0.550. The van der Waals surface area contributed by atoms with Crippen molar-refractivity contribution in [1.29, 1.82) is 0 Å². The van der Waals surface area contributed by atoms with Gasteiger partial charge in [0.1, 0.15) is 11.6 Å². The summed E-state index contributed by atoms with van der Waals surface area (Å²) in [5.41, 5.74) is 0. The summed E-state index contributed by atoms with van der Waals surface area (Å²) in [6, 6.07) is 0. The van der Waals surface area contributed by atoms with Gasteiger partial charge in [0.2, 0.25) is 0 Å². The molecule has 0 heterocycles. The molecule has 0 spiro atoms. The molecule has 0 saturated carbocycles. The minimum Gasteiger partial charge on any atom is -0.465 e. The molecule has 0 amide bonds. The molecule has 0 atom stereocenters. The van der Waals surface area contributed by atoms with E-state index in [-0.39, 0.29) is 5.97 Å². The Morgan fingerprint density at radius 1 is 1.38 bits per heavy atom. The molecule has 16 heavy (non-hydrogen) atoms. The SMILES string of the molecule is C/C=N\C(=C/C)SSCCOC(C)=O.CC. The Morgan fingerprint density at radius 2 is 2.00 bits per heavy atom. The highest BCUT2D eigenvalue weighted by molar-refractivity contribution is 8.78. The number of nitrogens with zero attached hydrogens (tertiary/aromatic N) is 1. The fourth-order valence-corrected chi connectivity index (χ4v) is 2.43. The van der Waals surface area contributed by atoms with Gasteiger partial charge in [0, 0.05) is 18.9 Å². The quantitative estimate of drug-likeness (QED) is 0.315. The summed E-state index contributed by atoms with van der Waals surface area (Å²) in [4.78, 5) is 14.6. The topological polar surface area (TPSA) is 38.7 Å². The molecule has 3 nitrogen and oxygen atoms in total. The molecule has 0 fully saturated rings. The zero-order valence-electron chi connectivity index (χ0n) is 10.6. The lowest BCUT2D eigenvalue weighted by molar-refractivity contribution is -0.140. The van der Waals surface area contributed by atoms with Crippen molar-refractivity contribution in [2.45, 2.75) is 34.6 Å². The molecule has 0 unspecified atom stereocenters. The predicted octanol–water partition coefficient (Wildman–Crippen LogP) is 3.91. The number of carbonyl (C=O) groups is 1. The number of rotatable bonds is 6. The third-order valence-corrected chi connectivity index (χ3v) is 3.45. The molecule has 94 valence electrons. The second-order valence-electron chi connectivity index (χ2n) is 2.26. The van der Waals surface area contributed by atoms with Crippen LogP contribution in [0.3, 0.4) is 0 Å². The van der Waals surface area contributed by atoms with Crippen molar-refractivity contribution in [3.63, 3.8) is 0 Å². The molecule has 0 bridgehead atoms. The van der Waals surface area contributed by atoms with E-state index in [4.69, 9.17) is 4.74 Å². The average molecular weight is 263 g/mol. The standard InChI is InChI=1S/C9H15NO2S2.C2H6/c1-4-9(10-5-2)14-13-7-6-12-8(3)11;1-2/h4-5H,6-7H2,1-3H3;1-2H3/b9-4+,10-5-;. The van der Waals surface area contributed by atoms with Crippen molar-refractivity contribution in [3.05, 3.63) is 11.1 Å². The van der Waals surface area contributed by atoms with Crippen LogP contribution in [-0.2, 0) is 9.53 Å². The van der Waals surface area contributed by atoms with Crippen molar-refractivity contribution >= 4 is 33.8 Å². The van der Waals surface area contributed by atoms with Crippen molar-refractivity contribution < 1.29 is 9.53 Å². The van der Waals surface area contributed by atoms with Crippen LogP contribution in [0, 0.1) is 0 Å². The van der Waals surface area contributed by atoms with Crippen LogP contribution < -0.4 is 0 Å². The molecular weight excluding hydrogens is 242 g/mol. The molecule has 0 aliphatic rings. The summed E-state index contributed by atoms with van der Waals surface area (Å²) in [6.07, 6.45) is 3.71. The van der Waals surface area contributed by atoms with Crippen LogP contribution in [0.25, 0.3) is 0 Å². The Balaban J connectivity index is 0. The molecule has 0 aliphatic carbocycles. The van der Waals surface area contributed by atoms with Gasteiger partial charge in [-0.1, -0.05) is 30.7 Å². The largest absolute Gasteiger partial charge is 0.465 e. The van der Waals surface area contributed by atoms with Crippen LogP contribution in [0.1, 0.15) is 34.6 Å². The Morgan fingerprint density at radius 3 is 2.44 bits per heavy atom. The summed E-state index contributed by atoms with van der Waals surface area (Å²) >= 11 is 0. The van der Waals surface area contributed by atoms with Gasteiger partial charge in [-0.25, -0.2) is 0 Å². The van der Waals surface area contributed by atoms with E-state index in [1.165, 1.54) is 6.92 Å². The first-order chi connectivity index (χ1) is 7.70. The monoisotopic (exact) mass is 263 g/mol. The van der Waals surface area contributed by atoms with E-state index in [1.54, 1.807) is 27.8 Å². The summed E-state index contributed by atoms with van der Waals surface area (Å²) in [7, 11) is 3.21. The molecule has 0 aromatic rings. The average Bonchev–Trinajstić information content (AvgIpc) is 2.29. The van der Waals surface area contributed by atoms with E-state index in [0.29, 0.717) is 6.61 Å². The van der Waals surface area contributed by atoms with Gasteiger partial charge in [0.15, 0.2) is 0 Å². The van der Waals surface area contributed by atoms with Crippen LogP contribution in [0.2, 0.25) is 0 Å². The lowest BCUT2D eigenvalue weighted by Gasteiger charge is -2.01. The van der Waals surface area contributed by atoms with Crippen LogP contribution in [-0.4, -0.2) is 24.5 Å². The number of carbonyl (C=O) groups excluding carboxylic acids is 1. The lowest BCUT2D eigenvalue weighted by atomic mass is 10.7. The van der Waals surface area contributed by atoms with Crippen molar-refractivity contribution in [3.8, 4) is 0 Å². The number of hydrogen-bond acceptors (Lipinski definition) is 5. The predicted molar refractivity (Wildman–Crippen MR) is 76.0 cm³/mol. The van der Waals surface area contributed by atoms with Crippen molar-refractivity contribution in [2.24, 2.45) is 4.99 Å². The molecule has 0 saturated heterocycles. The van der Waals surface area contributed by atoms with E-state index in [9.17, 15) is 4.79 Å². The normalized spacial score (nSPS) is 10.9. The molecule has 0 aromatic carbocycles. The Hall–Kier alpha value is -0.420. The molecule has 0 aliphatic heterocycles. The van der Waals surface area contributed by atoms with Gasteiger partial charge in [-0.05, 0) is 24.6 Å². The van der Waals surface area contributed by atoms with Gasteiger partial charge in [0.05, 0.1) is 0 Å². The molecule has 0 N–H and O–H groups in total. The Labute approximate surface area is 107 Å². The first-order valence-corrected chi connectivity index (χ1v) is 7.60. The molecule has 5 heteroatoms. The van der Waals surface area contributed by atoms with Gasteiger partial charge >= 0.3 is 5.97 Å². The third kappa shape index (κ3) is 13.6. The summed E-state index contributed by atoms with van der Waals surface area (Å²) in [5, 5.41) is 0.973. The number of aliphatic imine (C=N–C) groups is 1. The smallest absolute Gasteiger partial charge is 0.302 e. The van der Waals surface area contributed by atoms with Crippen molar-refractivity contribution in [2.75, 3.05) is 12.4 Å². The molecule has 0 rings (SSSR count). The fourth-order valence-electron chi connectivity index (χ4n) is 0.593. The third-order valence-electron chi connectivity index (χ3n) is 1.12. The minimum atomic E-state index is -0.228. The second kappa shape index (κ2) is 14.6. The molecule has 0 radical (unpaired) electrons. The lowest BCUT2D eigenvalue weighted by Crippen LogP contribution is -2.01. The zero-order valence-corrected chi connectivity index (χ0v) is 12.3. The maximum atomic E-state index is 10.4. The van der Waals surface area contributed by atoms with E-state index in [2.05, 4.69) is 4.99 Å². The maximum Gasteiger partial charge on any atom is 0.302 e. The van der Waals surface area contributed by atoms with E-state index in [1.807, 2.05) is 33.8 Å². The Bertz CT molecular complexity index is 228. The second-order valence-corrected chi connectivity index (χ2v) is 4.70. The highest BCUT2D eigenvalue weighted by Gasteiger charge is 1.96. The first-order valence-electron chi connectivity index (χ1n) is 5.28. The highest BCUT2D eigenvalue weighted by Crippen LogP contribution is 2.30.